The standard InChI is InChI=1S/C12H13N3O2S2/c1-19(16,17)10-7-5-9(6-8-10)18-12-4-2-3-11(14-12)15-13/h2-8H,13H2,1H3,(H,14,15). The lowest BCUT2D eigenvalue weighted by Crippen LogP contribution is -2.08. The van der Waals surface area contributed by atoms with Gasteiger partial charge in [-0.2, -0.15) is 0 Å². The molecule has 1 aromatic carbocycles. The van der Waals surface area contributed by atoms with Crippen molar-refractivity contribution in [1.82, 2.24) is 4.98 Å². The molecule has 0 bridgehead atoms. The van der Waals surface area contributed by atoms with Crippen molar-refractivity contribution in [1.29, 1.82) is 0 Å². The van der Waals surface area contributed by atoms with Crippen LogP contribution in [0.4, 0.5) is 5.82 Å². The molecule has 3 N–H and O–H groups in total. The molecule has 5 nitrogen and oxygen atoms in total. The van der Waals surface area contributed by atoms with E-state index in [9.17, 15) is 8.42 Å². The van der Waals surface area contributed by atoms with Gasteiger partial charge in [0.1, 0.15) is 10.8 Å². The van der Waals surface area contributed by atoms with E-state index in [-0.39, 0.29) is 0 Å². The molecule has 0 saturated carbocycles. The number of nitrogen functional groups attached to an aromatic ring is 1. The fourth-order valence-electron chi connectivity index (χ4n) is 1.43. The minimum absolute atomic E-state index is 0.308. The number of rotatable bonds is 4. The fraction of sp³-hybridized carbons (Fsp3) is 0.0833. The summed E-state index contributed by atoms with van der Waals surface area (Å²) in [6.07, 6.45) is 1.19. The van der Waals surface area contributed by atoms with E-state index in [1.165, 1.54) is 18.0 Å². The number of aromatic nitrogens is 1. The topological polar surface area (TPSA) is 85.1 Å². The zero-order chi connectivity index (χ0) is 13.9. The van der Waals surface area contributed by atoms with Crippen LogP contribution in [0.15, 0.2) is 57.3 Å². The molecule has 0 aliphatic heterocycles. The lowest BCUT2D eigenvalue weighted by atomic mass is 10.4. The Hall–Kier alpha value is -1.57. The molecule has 0 fully saturated rings. The van der Waals surface area contributed by atoms with Gasteiger partial charge >= 0.3 is 0 Å². The number of anilines is 1. The Bertz CT molecular complexity index is 670. The van der Waals surface area contributed by atoms with Gasteiger partial charge < -0.3 is 5.43 Å². The molecule has 0 atom stereocenters. The zero-order valence-electron chi connectivity index (χ0n) is 10.2. The summed E-state index contributed by atoms with van der Waals surface area (Å²) in [5, 5.41) is 0.780. The van der Waals surface area contributed by atoms with Gasteiger partial charge in [0.2, 0.25) is 0 Å². The summed E-state index contributed by atoms with van der Waals surface area (Å²) in [6.45, 7) is 0. The molecule has 19 heavy (non-hydrogen) atoms. The van der Waals surface area contributed by atoms with Gasteiger partial charge in [0.25, 0.3) is 0 Å². The predicted octanol–water partition coefficient (Wildman–Crippen LogP) is 1.92. The molecule has 0 amide bonds. The highest BCUT2D eigenvalue weighted by atomic mass is 32.2. The van der Waals surface area contributed by atoms with Crippen molar-refractivity contribution >= 4 is 27.4 Å². The van der Waals surface area contributed by atoms with Crippen molar-refractivity contribution in [2.45, 2.75) is 14.8 Å². The predicted molar refractivity (Wildman–Crippen MR) is 75.7 cm³/mol. The largest absolute Gasteiger partial charge is 0.308 e. The second kappa shape index (κ2) is 5.60. The number of nitrogens with two attached hydrogens (primary N) is 1. The number of benzene rings is 1. The highest BCUT2D eigenvalue weighted by Crippen LogP contribution is 2.27. The first-order valence-electron chi connectivity index (χ1n) is 5.41. The first-order valence-corrected chi connectivity index (χ1v) is 8.11. The molecular weight excluding hydrogens is 282 g/mol. The van der Waals surface area contributed by atoms with Gasteiger partial charge in [-0.25, -0.2) is 19.2 Å². The van der Waals surface area contributed by atoms with Gasteiger partial charge in [0.05, 0.1) is 4.90 Å². The van der Waals surface area contributed by atoms with Crippen molar-refractivity contribution < 1.29 is 8.42 Å². The number of sulfone groups is 1. The maximum atomic E-state index is 11.3. The Morgan fingerprint density at radius 2 is 1.84 bits per heavy atom. The van der Waals surface area contributed by atoms with E-state index in [2.05, 4.69) is 10.4 Å². The summed E-state index contributed by atoms with van der Waals surface area (Å²) in [5.74, 6) is 5.87. The van der Waals surface area contributed by atoms with Crippen LogP contribution >= 0.6 is 11.8 Å². The highest BCUT2D eigenvalue weighted by molar-refractivity contribution is 7.99. The minimum Gasteiger partial charge on any atom is -0.308 e. The number of nitrogens with one attached hydrogen (secondary N) is 1. The van der Waals surface area contributed by atoms with Crippen LogP contribution in [0, 0.1) is 0 Å². The van der Waals surface area contributed by atoms with Crippen molar-refractivity contribution in [2.24, 2.45) is 5.84 Å². The second-order valence-corrected chi connectivity index (χ2v) is 6.96. The average Bonchev–Trinajstić information content (AvgIpc) is 2.38. The molecule has 0 saturated heterocycles. The highest BCUT2D eigenvalue weighted by Gasteiger charge is 2.07. The van der Waals surface area contributed by atoms with E-state index in [4.69, 9.17) is 5.84 Å². The van der Waals surface area contributed by atoms with E-state index in [1.807, 2.05) is 12.1 Å². The smallest absolute Gasteiger partial charge is 0.175 e. The van der Waals surface area contributed by atoms with Gasteiger partial charge in [-0.05, 0) is 36.4 Å². The van der Waals surface area contributed by atoms with Gasteiger partial charge in [0, 0.05) is 11.2 Å². The van der Waals surface area contributed by atoms with Crippen molar-refractivity contribution in [2.75, 3.05) is 11.7 Å². The van der Waals surface area contributed by atoms with E-state index in [0.29, 0.717) is 10.7 Å². The van der Waals surface area contributed by atoms with E-state index in [1.54, 1.807) is 30.3 Å². The number of hydrogen-bond acceptors (Lipinski definition) is 6. The Labute approximate surface area is 116 Å². The van der Waals surface area contributed by atoms with Gasteiger partial charge in [-0.1, -0.05) is 17.8 Å². The lowest BCUT2D eigenvalue weighted by molar-refractivity contribution is 0.602. The fourth-order valence-corrected chi connectivity index (χ4v) is 2.86. The van der Waals surface area contributed by atoms with Gasteiger partial charge in [0.15, 0.2) is 9.84 Å². The van der Waals surface area contributed by atoms with Crippen LogP contribution in [0.2, 0.25) is 0 Å². The molecule has 0 aliphatic carbocycles. The first-order chi connectivity index (χ1) is 8.99. The molecule has 1 aromatic heterocycles. The molecule has 0 spiro atoms. The zero-order valence-corrected chi connectivity index (χ0v) is 11.8. The Balaban J connectivity index is 2.19. The lowest BCUT2D eigenvalue weighted by Gasteiger charge is -2.04. The van der Waals surface area contributed by atoms with E-state index in [0.717, 1.165) is 9.92 Å². The van der Waals surface area contributed by atoms with Crippen LogP contribution in [-0.4, -0.2) is 19.7 Å². The summed E-state index contributed by atoms with van der Waals surface area (Å²) < 4.78 is 22.7. The molecule has 0 aliphatic rings. The number of nitrogens with zero attached hydrogens (tertiary/aromatic N) is 1. The molecule has 100 valence electrons. The Kier molecular flexibility index (Phi) is 4.08. The number of hydrazine groups is 1. The van der Waals surface area contributed by atoms with Crippen LogP contribution in [0.3, 0.4) is 0 Å². The van der Waals surface area contributed by atoms with E-state index >= 15 is 0 Å². The number of pyridine rings is 1. The summed E-state index contributed by atoms with van der Waals surface area (Å²) in [4.78, 5) is 5.49. The minimum atomic E-state index is -3.15. The summed E-state index contributed by atoms with van der Waals surface area (Å²) in [5.41, 5.74) is 2.48. The normalized spacial score (nSPS) is 11.3. The quantitative estimate of drug-likeness (QED) is 0.662. The van der Waals surface area contributed by atoms with Crippen LogP contribution in [0.5, 0.6) is 0 Å². The molecule has 2 rings (SSSR count). The Morgan fingerprint density at radius 3 is 2.42 bits per heavy atom. The van der Waals surface area contributed by atoms with Gasteiger partial charge in [-0.3, -0.25) is 0 Å². The molecule has 1 heterocycles. The van der Waals surface area contributed by atoms with Crippen LogP contribution in [0.1, 0.15) is 0 Å². The van der Waals surface area contributed by atoms with Crippen LogP contribution < -0.4 is 11.3 Å². The summed E-state index contributed by atoms with van der Waals surface area (Å²) in [7, 11) is -3.15. The molecule has 0 unspecified atom stereocenters. The molecule has 7 heteroatoms. The third kappa shape index (κ3) is 3.69. The van der Waals surface area contributed by atoms with Crippen molar-refractivity contribution in [3.05, 3.63) is 42.5 Å². The van der Waals surface area contributed by atoms with Crippen molar-refractivity contribution in [3.8, 4) is 0 Å². The summed E-state index contributed by atoms with van der Waals surface area (Å²) in [6, 6.07) is 12.1. The van der Waals surface area contributed by atoms with Crippen LogP contribution in [-0.2, 0) is 9.84 Å². The molecular formula is C12H13N3O2S2. The SMILES string of the molecule is CS(=O)(=O)c1ccc(Sc2cccc(NN)n2)cc1. The monoisotopic (exact) mass is 295 g/mol. The van der Waals surface area contributed by atoms with Crippen LogP contribution in [0.25, 0.3) is 0 Å². The summed E-state index contributed by atoms with van der Waals surface area (Å²) >= 11 is 1.43. The third-order valence-corrected chi connectivity index (χ3v) is 4.42. The molecule has 0 radical (unpaired) electrons. The third-order valence-electron chi connectivity index (χ3n) is 2.35. The number of hydrogen-bond donors (Lipinski definition) is 2. The second-order valence-electron chi connectivity index (χ2n) is 3.85. The molecule has 2 aromatic rings. The van der Waals surface area contributed by atoms with Crippen molar-refractivity contribution in [3.63, 3.8) is 0 Å². The maximum Gasteiger partial charge on any atom is 0.175 e. The average molecular weight is 295 g/mol. The van der Waals surface area contributed by atoms with E-state index < -0.39 is 9.84 Å². The van der Waals surface area contributed by atoms with Gasteiger partial charge in [-0.15, -0.1) is 0 Å². The first kappa shape index (κ1) is 13.9. The maximum absolute atomic E-state index is 11.3. The Morgan fingerprint density at radius 1 is 1.16 bits per heavy atom.